The van der Waals surface area contributed by atoms with Gasteiger partial charge in [0.25, 0.3) is 0 Å². The van der Waals surface area contributed by atoms with Crippen LogP contribution in [0, 0.1) is 0 Å². The number of nitrogens with zero attached hydrogens (tertiary/aromatic N) is 1. The fourth-order valence-corrected chi connectivity index (χ4v) is 3.65. The Hall–Kier alpha value is -2.08. The van der Waals surface area contributed by atoms with Crippen LogP contribution in [0.5, 0.6) is 0 Å². The first-order valence-corrected chi connectivity index (χ1v) is 8.86. The minimum Gasteiger partial charge on any atom is -0.468 e. The van der Waals surface area contributed by atoms with E-state index >= 15 is 0 Å². The van der Waals surface area contributed by atoms with Crippen LogP contribution in [0.15, 0.2) is 42.5 Å². The molecule has 2 aromatic carbocycles. The van der Waals surface area contributed by atoms with Gasteiger partial charge in [0, 0.05) is 22.3 Å². The number of benzene rings is 2. The Morgan fingerprint density at radius 3 is 2.46 bits per heavy atom. The lowest BCUT2D eigenvalue weighted by Crippen LogP contribution is -2.49. The normalized spacial score (nSPS) is 16.7. The summed E-state index contributed by atoms with van der Waals surface area (Å²) in [6, 6.07) is 12.2. The quantitative estimate of drug-likeness (QED) is 0.808. The summed E-state index contributed by atoms with van der Waals surface area (Å²) in [6.45, 7) is 0.553. The molecule has 0 radical (unpaired) electrons. The third kappa shape index (κ3) is 4.36. The molecule has 0 saturated carbocycles. The SMILES string of the molecule is COC(=O)[C@H]1Cc2ccccc2CN1CC(=O)Nc1cc(Cl)cc(Cl)c1. The van der Waals surface area contributed by atoms with E-state index in [4.69, 9.17) is 27.9 Å². The van der Waals surface area contributed by atoms with E-state index in [1.54, 1.807) is 18.2 Å². The van der Waals surface area contributed by atoms with Crippen LogP contribution >= 0.6 is 23.2 Å². The van der Waals surface area contributed by atoms with Crippen LogP contribution in [-0.2, 0) is 27.3 Å². The van der Waals surface area contributed by atoms with Gasteiger partial charge in [-0.1, -0.05) is 47.5 Å². The Labute approximate surface area is 161 Å². The molecule has 0 aliphatic carbocycles. The Bertz CT molecular complexity index is 821. The van der Waals surface area contributed by atoms with Gasteiger partial charge in [0.2, 0.25) is 5.91 Å². The van der Waals surface area contributed by atoms with E-state index in [0.717, 1.165) is 11.1 Å². The molecule has 0 bridgehead atoms. The van der Waals surface area contributed by atoms with E-state index in [-0.39, 0.29) is 18.4 Å². The lowest BCUT2D eigenvalue weighted by molar-refractivity contribution is -0.148. The number of anilines is 1. The first-order chi connectivity index (χ1) is 12.5. The number of carbonyl (C=O) groups is 2. The van der Waals surface area contributed by atoms with Gasteiger partial charge in [-0.2, -0.15) is 0 Å². The number of nitrogens with one attached hydrogen (secondary N) is 1. The maximum Gasteiger partial charge on any atom is 0.323 e. The third-order valence-corrected chi connectivity index (χ3v) is 4.75. The molecule has 5 nitrogen and oxygen atoms in total. The van der Waals surface area contributed by atoms with Crippen molar-refractivity contribution in [2.45, 2.75) is 19.0 Å². The summed E-state index contributed by atoms with van der Waals surface area (Å²) in [6.07, 6.45) is 0.513. The first-order valence-electron chi connectivity index (χ1n) is 8.11. The number of halogens is 2. The maximum atomic E-state index is 12.5. The molecule has 1 aliphatic heterocycles. The van der Waals surface area contributed by atoms with Crippen LogP contribution < -0.4 is 5.32 Å². The molecule has 1 atom stereocenters. The summed E-state index contributed by atoms with van der Waals surface area (Å²) < 4.78 is 4.92. The number of esters is 1. The highest BCUT2D eigenvalue weighted by molar-refractivity contribution is 6.35. The largest absolute Gasteiger partial charge is 0.468 e. The van der Waals surface area contributed by atoms with E-state index in [1.165, 1.54) is 7.11 Å². The second-order valence-corrected chi connectivity index (χ2v) is 7.00. The zero-order chi connectivity index (χ0) is 18.7. The zero-order valence-corrected chi connectivity index (χ0v) is 15.7. The van der Waals surface area contributed by atoms with Crippen molar-refractivity contribution in [1.29, 1.82) is 0 Å². The molecule has 1 N–H and O–H groups in total. The highest BCUT2D eigenvalue weighted by Gasteiger charge is 2.33. The Balaban J connectivity index is 1.75. The fourth-order valence-electron chi connectivity index (χ4n) is 3.12. The van der Waals surface area contributed by atoms with Crippen LogP contribution in [0.1, 0.15) is 11.1 Å². The molecule has 0 spiro atoms. The molecule has 2 aromatic rings. The summed E-state index contributed by atoms with van der Waals surface area (Å²) in [5.41, 5.74) is 2.71. The summed E-state index contributed by atoms with van der Waals surface area (Å²) in [7, 11) is 1.36. The van der Waals surface area contributed by atoms with E-state index in [2.05, 4.69) is 5.32 Å². The van der Waals surface area contributed by atoms with Gasteiger partial charge in [-0.3, -0.25) is 14.5 Å². The number of carbonyl (C=O) groups excluding carboxylic acids is 2. The minimum atomic E-state index is -0.497. The smallest absolute Gasteiger partial charge is 0.323 e. The standard InChI is InChI=1S/C19H18Cl2N2O3/c1-26-19(25)17-6-12-4-2-3-5-13(12)10-23(17)11-18(24)22-16-8-14(20)7-15(21)9-16/h2-5,7-9,17H,6,10-11H2,1H3,(H,22,24)/t17-/m1/s1. The number of hydrogen-bond donors (Lipinski definition) is 1. The lowest BCUT2D eigenvalue weighted by Gasteiger charge is -2.34. The van der Waals surface area contributed by atoms with Gasteiger partial charge < -0.3 is 10.1 Å². The molecular formula is C19H18Cl2N2O3. The molecule has 7 heteroatoms. The molecule has 26 heavy (non-hydrogen) atoms. The summed E-state index contributed by atoms with van der Waals surface area (Å²) in [4.78, 5) is 26.5. The topological polar surface area (TPSA) is 58.6 Å². The number of ether oxygens (including phenoxy) is 1. The van der Waals surface area contributed by atoms with Gasteiger partial charge >= 0.3 is 5.97 Å². The maximum absolute atomic E-state index is 12.5. The van der Waals surface area contributed by atoms with Crippen LogP contribution in [0.4, 0.5) is 5.69 Å². The Kier molecular flexibility index (Phi) is 5.81. The molecule has 3 rings (SSSR count). The first kappa shape index (κ1) is 18.7. The van der Waals surface area contributed by atoms with Gasteiger partial charge in [0.15, 0.2) is 0 Å². The second kappa shape index (κ2) is 8.08. The van der Waals surface area contributed by atoms with Crippen molar-refractivity contribution in [2.24, 2.45) is 0 Å². The molecule has 1 heterocycles. The number of rotatable bonds is 4. The summed E-state index contributed by atoms with van der Waals surface area (Å²) in [5, 5.41) is 3.65. The number of amides is 1. The van der Waals surface area contributed by atoms with Crippen molar-refractivity contribution in [3.63, 3.8) is 0 Å². The van der Waals surface area contributed by atoms with Crippen molar-refractivity contribution >= 4 is 40.8 Å². The lowest BCUT2D eigenvalue weighted by atomic mass is 9.94. The van der Waals surface area contributed by atoms with Crippen molar-refractivity contribution in [1.82, 2.24) is 4.90 Å². The molecule has 0 fully saturated rings. The van der Waals surface area contributed by atoms with Crippen molar-refractivity contribution in [2.75, 3.05) is 19.0 Å². The average molecular weight is 393 g/mol. The van der Waals surface area contributed by atoms with E-state index in [1.807, 2.05) is 29.2 Å². The van der Waals surface area contributed by atoms with Gasteiger partial charge in [0.1, 0.15) is 6.04 Å². The van der Waals surface area contributed by atoms with Crippen LogP contribution in [0.3, 0.4) is 0 Å². The molecule has 0 unspecified atom stereocenters. The van der Waals surface area contributed by atoms with E-state index < -0.39 is 6.04 Å². The molecule has 0 saturated heterocycles. The number of fused-ring (bicyclic) bond motifs is 1. The third-order valence-electron chi connectivity index (χ3n) is 4.31. The molecule has 0 aromatic heterocycles. The summed E-state index contributed by atoms with van der Waals surface area (Å²) in [5.74, 6) is -0.602. The minimum absolute atomic E-state index is 0.0538. The van der Waals surface area contributed by atoms with Crippen LogP contribution in [-0.4, -0.2) is 36.5 Å². The molecular weight excluding hydrogens is 375 g/mol. The Morgan fingerprint density at radius 2 is 1.81 bits per heavy atom. The van der Waals surface area contributed by atoms with Crippen molar-refractivity contribution in [3.05, 3.63) is 63.6 Å². The predicted octanol–water partition coefficient (Wildman–Crippen LogP) is 3.53. The van der Waals surface area contributed by atoms with Gasteiger partial charge in [-0.25, -0.2) is 0 Å². The highest BCUT2D eigenvalue weighted by Crippen LogP contribution is 2.25. The molecule has 1 amide bonds. The van der Waals surface area contributed by atoms with Crippen molar-refractivity contribution < 1.29 is 14.3 Å². The average Bonchev–Trinajstić information content (AvgIpc) is 2.59. The van der Waals surface area contributed by atoms with Crippen LogP contribution in [0.2, 0.25) is 10.0 Å². The second-order valence-electron chi connectivity index (χ2n) is 6.12. The predicted molar refractivity (Wildman–Crippen MR) is 101 cm³/mol. The Morgan fingerprint density at radius 1 is 1.15 bits per heavy atom. The fraction of sp³-hybridized carbons (Fsp3) is 0.263. The zero-order valence-electron chi connectivity index (χ0n) is 14.2. The van der Waals surface area contributed by atoms with Crippen LogP contribution in [0.25, 0.3) is 0 Å². The van der Waals surface area contributed by atoms with Gasteiger partial charge in [0.05, 0.1) is 13.7 Å². The van der Waals surface area contributed by atoms with Gasteiger partial charge in [-0.05, 0) is 35.7 Å². The summed E-state index contributed by atoms with van der Waals surface area (Å²) >= 11 is 11.9. The number of hydrogen-bond acceptors (Lipinski definition) is 4. The molecule has 1 aliphatic rings. The van der Waals surface area contributed by atoms with Crippen molar-refractivity contribution in [3.8, 4) is 0 Å². The monoisotopic (exact) mass is 392 g/mol. The number of methoxy groups -OCH3 is 1. The van der Waals surface area contributed by atoms with E-state index in [9.17, 15) is 9.59 Å². The highest BCUT2D eigenvalue weighted by atomic mass is 35.5. The van der Waals surface area contributed by atoms with E-state index in [0.29, 0.717) is 28.7 Å². The van der Waals surface area contributed by atoms with Gasteiger partial charge in [-0.15, -0.1) is 0 Å². The molecule has 136 valence electrons.